The zero-order chi connectivity index (χ0) is 13.3. The molecule has 2 N–H and O–H groups in total. The van der Waals surface area contributed by atoms with Crippen molar-refractivity contribution in [2.75, 3.05) is 7.11 Å². The third-order valence-electron chi connectivity index (χ3n) is 2.96. The van der Waals surface area contributed by atoms with E-state index in [9.17, 15) is 9.59 Å². The summed E-state index contributed by atoms with van der Waals surface area (Å²) in [5.41, 5.74) is 1.68. The quantitative estimate of drug-likeness (QED) is 0.810. The molecule has 5 nitrogen and oxygen atoms in total. The first-order valence-electron chi connectivity index (χ1n) is 5.72. The smallest absolute Gasteiger partial charge is 0.323 e. The minimum Gasteiger partial charge on any atom is -0.469 e. The van der Waals surface area contributed by atoms with Crippen LogP contribution in [0, 0.1) is 5.41 Å². The number of fused-ring (bicyclic) bond motifs is 1. The second kappa shape index (κ2) is 4.33. The Morgan fingerprint density at radius 2 is 1.94 bits per heavy atom. The first kappa shape index (κ1) is 12.4. The summed E-state index contributed by atoms with van der Waals surface area (Å²) < 4.78 is 4.78. The average Bonchev–Trinajstić information content (AvgIpc) is 2.66. The Morgan fingerprint density at radius 3 is 2.61 bits per heavy atom. The van der Waals surface area contributed by atoms with Crippen molar-refractivity contribution in [1.29, 1.82) is 0 Å². The molecule has 0 aliphatic rings. The molecule has 0 atom stereocenters. The molecule has 1 heterocycles. The maximum absolute atomic E-state index is 11.6. The van der Waals surface area contributed by atoms with Crippen molar-refractivity contribution >= 4 is 17.0 Å². The fraction of sp³-hybridized carbons (Fsp3) is 0.385. The summed E-state index contributed by atoms with van der Waals surface area (Å²) in [6, 6.07) is 5.60. The van der Waals surface area contributed by atoms with E-state index in [0.717, 1.165) is 16.6 Å². The fourth-order valence-corrected chi connectivity index (χ4v) is 2.05. The molecular weight excluding hydrogens is 232 g/mol. The second-order valence-electron chi connectivity index (χ2n) is 5.01. The molecule has 1 aromatic carbocycles. The Hall–Kier alpha value is -2.04. The van der Waals surface area contributed by atoms with Crippen LogP contribution in [0.4, 0.5) is 0 Å². The number of carbonyl (C=O) groups is 1. The third kappa shape index (κ3) is 2.30. The van der Waals surface area contributed by atoms with E-state index in [-0.39, 0.29) is 11.7 Å². The fourth-order valence-electron chi connectivity index (χ4n) is 2.05. The van der Waals surface area contributed by atoms with Crippen molar-refractivity contribution < 1.29 is 9.53 Å². The highest BCUT2D eigenvalue weighted by atomic mass is 16.5. The highest BCUT2D eigenvalue weighted by Crippen LogP contribution is 2.24. The Balaban J connectivity index is 2.32. The summed E-state index contributed by atoms with van der Waals surface area (Å²) in [5, 5.41) is 0. The SMILES string of the molecule is COC(=O)C(C)(C)Cc1ccc2[nH]c(=O)[nH]c2c1. The predicted octanol–water partition coefficient (Wildman–Crippen LogP) is 1.60. The molecule has 18 heavy (non-hydrogen) atoms. The van der Waals surface area contributed by atoms with Gasteiger partial charge in [-0.15, -0.1) is 0 Å². The lowest BCUT2D eigenvalue weighted by Crippen LogP contribution is -2.27. The van der Waals surface area contributed by atoms with Crippen LogP contribution in [0.25, 0.3) is 11.0 Å². The lowest BCUT2D eigenvalue weighted by Gasteiger charge is -2.21. The molecule has 0 bridgehead atoms. The van der Waals surface area contributed by atoms with Gasteiger partial charge in [0.05, 0.1) is 23.6 Å². The standard InChI is InChI=1S/C13H16N2O3/c1-13(2,11(16)18-3)7-8-4-5-9-10(6-8)15-12(17)14-9/h4-6H,7H2,1-3H3,(H2,14,15,17). The number of nitrogens with one attached hydrogen (secondary N) is 2. The van der Waals surface area contributed by atoms with Gasteiger partial charge in [0, 0.05) is 0 Å². The van der Waals surface area contributed by atoms with E-state index < -0.39 is 5.41 Å². The highest BCUT2D eigenvalue weighted by Gasteiger charge is 2.28. The van der Waals surface area contributed by atoms with Crippen LogP contribution in [0.2, 0.25) is 0 Å². The number of rotatable bonds is 3. The molecule has 0 amide bonds. The van der Waals surface area contributed by atoms with Gasteiger partial charge in [-0.05, 0) is 38.0 Å². The number of ether oxygens (including phenoxy) is 1. The van der Waals surface area contributed by atoms with Gasteiger partial charge in [0.2, 0.25) is 0 Å². The van der Waals surface area contributed by atoms with Gasteiger partial charge < -0.3 is 14.7 Å². The molecule has 2 aromatic rings. The van der Waals surface area contributed by atoms with Gasteiger partial charge in [0.25, 0.3) is 0 Å². The molecule has 0 aliphatic carbocycles. The van der Waals surface area contributed by atoms with E-state index in [1.165, 1.54) is 7.11 Å². The van der Waals surface area contributed by atoms with Crippen LogP contribution in [0.1, 0.15) is 19.4 Å². The maximum atomic E-state index is 11.6. The number of aromatic nitrogens is 2. The molecular formula is C13H16N2O3. The Bertz CT molecular complexity index is 637. The monoisotopic (exact) mass is 248 g/mol. The number of H-pyrrole nitrogens is 2. The van der Waals surface area contributed by atoms with Gasteiger partial charge in [0.15, 0.2) is 0 Å². The van der Waals surface area contributed by atoms with Crippen molar-refractivity contribution in [3.05, 3.63) is 34.2 Å². The van der Waals surface area contributed by atoms with Crippen molar-refractivity contribution in [3.63, 3.8) is 0 Å². The van der Waals surface area contributed by atoms with Crippen LogP contribution < -0.4 is 5.69 Å². The van der Waals surface area contributed by atoms with Gasteiger partial charge in [-0.3, -0.25) is 4.79 Å². The van der Waals surface area contributed by atoms with E-state index in [4.69, 9.17) is 4.74 Å². The summed E-state index contributed by atoms with van der Waals surface area (Å²) in [4.78, 5) is 28.2. The first-order chi connectivity index (χ1) is 8.42. The molecule has 5 heteroatoms. The van der Waals surface area contributed by atoms with Crippen LogP contribution in [-0.2, 0) is 16.0 Å². The van der Waals surface area contributed by atoms with Gasteiger partial charge in [-0.2, -0.15) is 0 Å². The Labute approximate surface area is 104 Å². The minimum atomic E-state index is -0.584. The molecule has 0 saturated carbocycles. The third-order valence-corrected chi connectivity index (χ3v) is 2.96. The predicted molar refractivity (Wildman–Crippen MR) is 68.4 cm³/mol. The molecule has 1 aromatic heterocycles. The summed E-state index contributed by atoms with van der Waals surface area (Å²) in [6.07, 6.45) is 0.558. The van der Waals surface area contributed by atoms with E-state index in [2.05, 4.69) is 9.97 Å². The molecule has 2 rings (SSSR count). The van der Waals surface area contributed by atoms with Crippen molar-refractivity contribution in [2.45, 2.75) is 20.3 Å². The number of benzene rings is 1. The number of carbonyl (C=O) groups excluding carboxylic acids is 1. The number of aromatic amines is 2. The van der Waals surface area contributed by atoms with Gasteiger partial charge in [0.1, 0.15) is 0 Å². The molecule has 0 saturated heterocycles. The van der Waals surface area contributed by atoms with Crippen molar-refractivity contribution in [2.24, 2.45) is 5.41 Å². The summed E-state index contributed by atoms with van der Waals surface area (Å²) >= 11 is 0. The lowest BCUT2D eigenvalue weighted by atomic mass is 9.86. The number of hydrogen-bond acceptors (Lipinski definition) is 3. The number of methoxy groups -OCH3 is 1. The minimum absolute atomic E-state index is 0.227. The second-order valence-corrected chi connectivity index (χ2v) is 5.01. The van der Waals surface area contributed by atoms with E-state index in [0.29, 0.717) is 6.42 Å². The van der Waals surface area contributed by atoms with Crippen LogP contribution >= 0.6 is 0 Å². The van der Waals surface area contributed by atoms with Crippen LogP contribution in [0.3, 0.4) is 0 Å². The van der Waals surface area contributed by atoms with E-state index in [1.54, 1.807) is 0 Å². The van der Waals surface area contributed by atoms with Gasteiger partial charge >= 0.3 is 11.7 Å². The Morgan fingerprint density at radius 1 is 1.28 bits per heavy atom. The summed E-state index contributed by atoms with van der Waals surface area (Å²) in [6.45, 7) is 3.67. The molecule has 96 valence electrons. The van der Waals surface area contributed by atoms with Gasteiger partial charge in [-0.1, -0.05) is 6.07 Å². The molecule has 0 aliphatic heterocycles. The summed E-state index contributed by atoms with van der Waals surface area (Å²) in [5.74, 6) is -0.245. The first-order valence-corrected chi connectivity index (χ1v) is 5.72. The topological polar surface area (TPSA) is 75.0 Å². The highest BCUT2D eigenvalue weighted by molar-refractivity contribution is 5.78. The maximum Gasteiger partial charge on any atom is 0.323 e. The van der Waals surface area contributed by atoms with Crippen LogP contribution in [0.15, 0.2) is 23.0 Å². The number of imidazole rings is 1. The van der Waals surface area contributed by atoms with Gasteiger partial charge in [-0.25, -0.2) is 4.79 Å². The van der Waals surface area contributed by atoms with Crippen molar-refractivity contribution in [3.8, 4) is 0 Å². The largest absolute Gasteiger partial charge is 0.469 e. The Kier molecular flexibility index (Phi) is 2.98. The molecule has 0 fully saturated rings. The zero-order valence-corrected chi connectivity index (χ0v) is 10.7. The van der Waals surface area contributed by atoms with E-state index in [1.807, 2.05) is 32.0 Å². The van der Waals surface area contributed by atoms with Crippen molar-refractivity contribution in [1.82, 2.24) is 9.97 Å². The van der Waals surface area contributed by atoms with E-state index >= 15 is 0 Å². The van der Waals surface area contributed by atoms with Crippen LogP contribution in [-0.4, -0.2) is 23.0 Å². The number of esters is 1. The van der Waals surface area contributed by atoms with Crippen LogP contribution in [0.5, 0.6) is 0 Å². The molecule has 0 spiro atoms. The molecule has 0 radical (unpaired) electrons. The molecule has 0 unspecified atom stereocenters. The number of hydrogen-bond donors (Lipinski definition) is 2. The lowest BCUT2D eigenvalue weighted by molar-refractivity contribution is -0.150. The average molecular weight is 248 g/mol. The normalized spacial score (nSPS) is 11.7. The summed E-state index contributed by atoms with van der Waals surface area (Å²) in [7, 11) is 1.39. The zero-order valence-electron chi connectivity index (χ0n) is 10.7.